The number of aromatic nitrogens is 1. The average molecular weight is 375 g/mol. The molecule has 0 bridgehead atoms. The van der Waals surface area contributed by atoms with Gasteiger partial charge in [0.15, 0.2) is 0 Å². The molecule has 144 valence electrons. The quantitative estimate of drug-likeness (QED) is 0.589. The molecule has 3 aromatic rings. The monoisotopic (exact) mass is 375 g/mol. The van der Waals surface area contributed by atoms with Crippen LogP contribution in [0.4, 0.5) is 5.69 Å². The second-order valence-electron chi connectivity index (χ2n) is 7.35. The van der Waals surface area contributed by atoms with E-state index in [2.05, 4.69) is 28.6 Å². The van der Waals surface area contributed by atoms with Gasteiger partial charge in [-0.25, -0.2) is 0 Å². The molecule has 1 aliphatic carbocycles. The molecule has 4 rings (SSSR count). The van der Waals surface area contributed by atoms with Gasteiger partial charge in [-0.3, -0.25) is 9.59 Å². The number of hydrogen-bond donors (Lipinski definition) is 3. The number of carbonyl (C=O) groups excluding carboxylic acids is 2. The molecule has 0 radical (unpaired) electrons. The van der Waals surface area contributed by atoms with E-state index in [1.807, 2.05) is 48.7 Å². The van der Waals surface area contributed by atoms with Crippen molar-refractivity contribution in [3.63, 3.8) is 0 Å². The molecule has 0 spiro atoms. The predicted molar refractivity (Wildman–Crippen MR) is 111 cm³/mol. The number of fused-ring (bicyclic) bond motifs is 1. The second-order valence-corrected chi connectivity index (χ2v) is 7.35. The predicted octanol–water partition coefficient (Wildman–Crippen LogP) is 3.66. The average Bonchev–Trinajstić information content (AvgIpc) is 3.43. The molecule has 1 heterocycles. The van der Waals surface area contributed by atoms with E-state index in [4.69, 9.17) is 0 Å². The Bertz CT molecular complexity index is 1010. The van der Waals surface area contributed by atoms with Crippen LogP contribution < -0.4 is 10.6 Å². The van der Waals surface area contributed by atoms with Crippen molar-refractivity contribution in [2.24, 2.45) is 11.8 Å². The molecule has 1 aromatic heterocycles. The van der Waals surface area contributed by atoms with E-state index in [9.17, 15) is 9.59 Å². The van der Waals surface area contributed by atoms with Crippen LogP contribution in [0, 0.1) is 11.8 Å². The van der Waals surface area contributed by atoms with Gasteiger partial charge in [-0.1, -0.05) is 43.3 Å². The van der Waals surface area contributed by atoms with E-state index in [-0.39, 0.29) is 23.7 Å². The zero-order valence-electron chi connectivity index (χ0n) is 16.0. The molecule has 1 aliphatic rings. The molecular weight excluding hydrogens is 350 g/mol. The van der Waals surface area contributed by atoms with Crippen molar-refractivity contribution >= 4 is 28.4 Å². The normalized spacial score (nSPS) is 18.0. The van der Waals surface area contributed by atoms with Gasteiger partial charge in [0.25, 0.3) is 0 Å². The lowest BCUT2D eigenvalue weighted by molar-refractivity contribution is -0.125. The highest BCUT2D eigenvalue weighted by atomic mass is 16.2. The number of nitrogens with one attached hydrogen (secondary N) is 3. The third-order valence-electron chi connectivity index (χ3n) is 5.49. The molecule has 0 saturated heterocycles. The summed E-state index contributed by atoms with van der Waals surface area (Å²) in [5.74, 6) is -0.517. The van der Waals surface area contributed by atoms with Crippen molar-refractivity contribution in [1.29, 1.82) is 0 Å². The summed E-state index contributed by atoms with van der Waals surface area (Å²) in [6.45, 7) is 2.64. The number of amides is 2. The van der Waals surface area contributed by atoms with Crippen molar-refractivity contribution in [2.45, 2.75) is 26.2 Å². The molecule has 1 fully saturated rings. The number of para-hydroxylation sites is 2. The summed E-state index contributed by atoms with van der Waals surface area (Å²) in [6, 6.07) is 15.9. The second kappa shape index (κ2) is 7.89. The van der Waals surface area contributed by atoms with Crippen LogP contribution in [-0.2, 0) is 22.4 Å². The highest BCUT2D eigenvalue weighted by Gasteiger charge is 2.47. The molecule has 5 nitrogen and oxygen atoms in total. The fourth-order valence-corrected chi connectivity index (χ4v) is 3.74. The number of aryl methyl sites for hydroxylation is 1. The molecule has 2 atom stereocenters. The molecule has 2 aromatic carbocycles. The Hall–Kier alpha value is -3.08. The molecule has 2 amide bonds. The maximum atomic E-state index is 12.5. The number of hydrogen-bond acceptors (Lipinski definition) is 2. The number of carbonyl (C=O) groups is 2. The van der Waals surface area contributed by atoms with Crippen molar-refractivity contribution in [2.75, 3.05) is 11.9 Å². The molecule has 28 heavy (non-hydrogen) atoms. The number of rotatable bonds is 7. The first-order valence-corrected chi connectivity index (χ1v) is 9.89. The Balaban J connectivity index is 1.27. The number of benzene rings is 2. The smallest absolute Gasteiger partial charge is 0.228 e. The summed E-state index contributed by atoms with van der Waals surface area (Å²) in [6.07, 6.45) is 4.25. The van der Waals surface area contributed by atoms with Crippen molar-refractivity contribution in [3.8, 4) is 0 Å². The van der Waals surface area contributed by atoms with E-state index in [0.717, 1.165) is 29.6 Å². The van der Waals surface area contributed by atoms with Crippen LogP contribution in [0.2, 0.25) is 0 Å². The van der Waals surface area contributed by atoms with Gasteiger partial charge in [-0.15, -0.1) is 0 Å². The lowest BCUT2D eigenvalue weighted by Crippen LogP contribution is -2.29. The molecule has 1 saturated carbocycles. The van der Waals surface area contributed by atoms with Gasteiger partial charge in [0.05, 0.1) is 11.8 Å². The number of H-pyrrole nitrogens is 1. The van der Waals surface area contributed by atoms with Gasteiger partial charge in [-0.05, 0) is 42.5 Å². The number of anilines is 1. The van der Waals surface area contributed by atoms with E-state index in [1.165, 1.54) is 10.9 Å². The minimum atomic E-state index is -0.224. The lowest BCUT2D eigenvalue weighted by Gasteiger charge is -2.09. The fourth-order valence-electron chi connectivity index (χ4n) is 3.74. The van der Waals surface area contributed by atoms with E-state index < -0.39 is 0 Å². The van der Waals surface area contributed by atoms with Crippen LogP contribution in [0.25, 0.3) is 10.9 Å². The van der Waals surface area contributed by atoms with Gasteiger partial charge in [0.2, 0.25) is 11.8 Å². The Labute approximate surface area is 164 Å². The minimum absolute atomic E-state index is 0.0243. The first-order valence-electron chi connectivity index (χ1n) is 9.89. The first kappa shape index (κ1) is 18.3. The van der Waals surface area contributed by atoms with Crippen LogP contribution in [0.15, 0.2) is 54.7 Å². The Kier molecular flexibility index (Phi) is 5.15. The van der Waals surface area contributed by atoms with E-state index >= 15 is 0 Å². The maximum absolute atomic E-state index is 12.5. The lowest BCUT2D eigenvalue weighted by atomic mass is 10.1. The van der Waals surface area contributed by atoms with Gasteiger partial charge in [0, 0.05) is 29.3 Å². The van der Waals surface area contributed by atoms with Gasteiger partial charge >= 0.3 is 0 Å². The zero-order valence-corrected chi connectivity index (χ0v) is 16.0. The van der Waals surface area contributed by atoms with Crippen LogP contribution in [0.1, 0.15) is 24.5 Å². The third kappa shape index (κ3) is 3.79. The molecule has 2 unspecified atom stereocenters. The Morgan fingerprint density at radius 3 is 2.61 bits per heavy atom. The summed E-state index contributed by atoms with van der Waals surface area (Å²) in [7, 11) is 0. The SMILES string of the molecule is CCc1ccccc1NC(=O)C1CC1C(=O)NCCc1c[nH]c2ccccc12. The summed E-state index contributed by atoms with van der Waals surface area (Å²) in [5.41, 5.74) is 4.25. The summed E-state index contributed by atoms with van der Waals surface area (Å²) >= 11 is 0. The van der Waals surface area contributed by atoms with E-state index in [1.54, 1.807) is 0 Å². The van der Waals surface area contributed by atoms with Crippen molar-refractivity contribution in [1.82, 2.24) is 10.3 Å². The number of aromatic amines is 1. The highest BCUT2D eigenvalue weighted by molar-refractivity contribution is 6.00. The first-order chi connectivity index (χ1) is 13.7. The Morgan fingerprint density at radius 1 is 1.00 bits per heavy atom. The van der Waals surface area contributed by atoms with Gasteiger partial charge in [0.1, 0.15) is 0 Å². The highest BCUT2D eigenvalue weighted by Crippen LogP contribution is 2.39. The van der Waals surface area contributed by atoms with Gasteiger partial charge in [-0.2, -0.15) is 0 Å². The molecular formula is C23H25N3O2. The van der Waals surface area contributed by atoms with Crippen LogP contribution >= 0.6 is 0 Å². The summed E-state index contributed by atoms with van der Waals surface area (Å²) in [5, 5.41) is 7.16. The summed E-state index contributed by atoms with van der Waals surface area (Å²) in [4.78, 5) is 28.1. The molecule has 3 N–H and O–H groups in total. The molecule has 0 aliphatic heterocycles. The van der Waals surface area contributed by atoms with Crippen LogP contribution in [0.3, 0.4) is 0 Å². The van der Waals surface area contributed by atoms with Crippen LogP contribution in [0.5, 0.6) is 0 Å². The van der Waals surface area contributed by atoms with Crippen molar-refractivity contribution < 1.29 is 9.59 Å². The standard InChI is InChI=1S/C23H25N3O2/c1-2-15-7-3-5-9-20(15)26-23(28)19-13-18(19)22(27)24-12-11-16-14-25-21-10-6-4-8-17(16)21/h3-10,14,18-19,25H,2,11-13H2,1H3,(H,24,27)(H,26,28). The summed E-state index contributed by atoms with van der Waals surface area (Å²) < 4.78 is 0. The minimum Gasteiger partial charge on any atom is -0.361 e. The van der Waals surface area contributed by atoms with Crippen LogP contribution in [-0.4, -0.2) is 23.3 Å². The van der Waals surface area contributed by atoms with Crippen molar-refractivity contribution in [3.05, 3.63) is 65.9 Å². The third-order valence-corrected chi connectivity index (χ3v) is 5.49. The fraction of sp³-hybridized carbons (Fsp3) is 0.304. The van der Waals surface area contributed by atoms with E-state index in [0.29, 0.717) is 13.0 Å². The molecule has 5 heteroatoms. The van der Waals surface area contributed by atoms with Gasteiger partial charge < -0.3 is 15.6 Å². The Morgan fingerprint density at radius 2 is 1.75 bits per heavy atom. The largest absolute Gasteiger partial charge is 0.361 e. The zero-order chi connectivity index (χ0) is 19.5. The topological polar surface area (TPSA) is 74.0 Å². The maximum Gasteiger partial charge on any atom is 0.228 e.